The number of nitrogens with one attached hydrogen (secondary N) is 3. The van der Waals surface area contributed by atoms with Crippen molar-refractivity contribution >= 4 is 0 Å². The van der Waals surface area contributed by atoms with Crippen LogP contribution in [0.3, 0.4) is 0 Å². The van der Waals surface area contributed by atoms with Gasteiger partial charge in [0.2, 0.25) is 0 Å². The molecule has 0 saturated heterocycles. The molecule has 16 nitrogen and oxygen atoms in total. The van der Waals surface area contributed by atoms with Gasteiger partial charge in [-0.15, -0.1) is 0 Å². The van der Waals surface area contributed by atoms with Crippen LogP contribution in [-0.2, 0) is 38.9 Å². The van der Waals surface area contributed by atoms with Crippen LogP contribution in [0.5, 0.6) is 51.7 Å². The minimum Gasteiger partial charge on any atom is -0.493 e. The van der Waals surface area contributed by atoms with E-state index in [1.54, 1.807) is 21.3 Å². The van der Waals surface area contributed by atoms with Gasteiger partial charge in [-0.3, -0.25) is 20.9 Å². The molecule has 0 amide bonds. The Labute approximate surface area is 426 Å². The van der Waals surface area contributed by atoms with Crippen molar-refractivity contribution in [1.82, 2.24) is 20.9 Å². The second-order valence-corrected chi connectivity index (χ2v) is 18.3. The topological polar surface area (TPSA) is 183 Å². The van der Waals surface area contributed by atoms with Gasteiger partial charge < -0.3 is 58.0 Å². The van der Waals surface area contributed by atoms with Crippen molar-refractivity contribution < 1.29 is 58.0 Å². The second-order valence-electron chi connectivity index (χ2n) is 18.3. The third kappa shape index (κ3) is 13.9. The minimum absolute atomic E-state index is 0.123. The molecule has 0 fully saturated rings. The molecule has 16 heteroatoms. The van der Waals surface area contributed by atoms with Crippen LogP contribution in [0.2, 0.25) is 0 Å². The number of aliphatic hydroxyl groups excluding tert-OH is 3. The first-order valence-corrected chi connectivity index (χ1v) is 24.8. The molecule has 0 aromatic heterocycles. The summed E-state index contributed by atoms with van der Waals surface area (Å²) in [4.78, 5) is 1.81. The van der Waals surface area contributed by atoms with E-state index >= 15 is 0 Å². The molecular formula is C57H66N4O12. The zero-order valence-corrected chi connectivity index (χ0v) is 41.7. The largest absolute Gasteiger partial charge is 0.493 e. The Kier molecular flexibility index (Phi) is 17.4. The highest BCUT2D eigenvalue weighted by atomic mass is 16.6. The van der Waals surface area contributed by atoms with Crippen LogP contribution < -0.4 is 58.6 Å². The third-order valence-corrected chi connectivity index (χ3v) is 13.1. The van der Waals surface area contributed by atoms with Crippen LogP contribution in [-0.4, -0.2) is 120 Å². The molecule has 6 aromatic rings. The number of methoxy groups -OCH3 is 3. The molecule has 3 atom stereocenters. The number of aliphatic hydroxyl groups is 3. The lowest BCUT2D eigenvalue weighted by atomic mass is 9.94. The van der Waals surface area contributed by atoms with Gasteiger partial charge in [0.15, 0.2) is 34.5 Å². The lowest BCUT2D eigenvalue weighted by Gasteiger charge is -2.30. The summed E-state index contributed by atoms with van der Waals surface area (Å²) in [6, 6.07) is 35.3. The van der Waals surface area contributed by atoms with Gasteiger partial charge >= 0.3 is 0 Å². The Morgan fingerprint density at radius 2 is 0.644 bits per heavy atom. The Hall–Kier alpha value is -6.76. The van der Waals surface area contributed by atoms with Gasteiger partial charge in [-0.05, 0) is 142 Å². The predicted octanol–water partition coefficient (Wildman–Crippen LogP) is 5.72. The van der Waals surface area contributed by atoms with E-state index in [4.69, 9.17) is 42.6 Å². The summed E-state index contributed by atoms with van der Waals surface area (Å²) in [5.41, 5.74) is 9.17. The van der Waals surface area contributed by atoms with Crippen molar-refractivity contribution in [2.75, 3.05) is 80.6 Å². The summed E-state index contributed by atoms with van der Waals surface area (Å²) >= 11 is 0. The SMILES string of the molecule is COc1cc2c3cc1OCCOc1ccc(cc1)CN[C@@H](O)CN1C[C@H](O)NCc4ccc(cc4)OCCOc4cc(c(cc4OC)C3)Cc3cc(OC)c(cc3C2)OCCOc2ccc(cc2)CN[C@@H](O)C1. The fourth-order valence-electron chi connectivity index (χ4n) is 9.25. The number of ether oxygens (including phenoxy) is 9. The zero-order chi connectivity index (χ0) is 50.5. The molecule has 73 heavy (non-hydrogen) atoms. The van der Waals surface area contributed by atoms with E-state index in [-0.39, 0.29) is 59.3 Å². The number of hydrogen-bond donors (Lipinski definition) is 6. The molecule has 0 spiro atoms. The molecule has 6 aromatic carbocycles. The highest BCUT2D eigenvalue weighted by Gasteiger charge is 2.24. The number of fused-ring (bicyclic) bond motifs is 1. The zero-order valence-electron chi connectivity index (χ0n) is 41.7. The van der Waals surface area contributed by atoms with E-state index in [9.17, 15) is 15.3 Å². The molecule has 12 aliphatic heterocycles. The first-order valence-electron chi connectivity index (χ1n) is 24.8. The first-order chi connectivity index (χ1) is 35.7. The minimum atomic E-state index is -0.979. The van der Waals surface area contributed by atoms with Crippen LogP contribution in [0, 0.1) is 0 Å². The van der Waals surface area contributed by atoms with E-state index < -0.39 is 18.7 Å². The Morgan fingerprint density at radius 1 is 0.384 bits per heavy atom. The Bertz CT molecular complexity index is 2440. The van der Waals surface area contributed by atoms with Crippen LogP contribution in [0.4, 0.5) is 0 Å². The van der Waals surface area contributed by atoms with Crippen LogP contribution >= 0.6 is 0 Å². The van der Waals surface area contributed by atoms with Crippen molar-refractivity contribution in [3.8, 4) is 51.7 Å². The average molecular weight is 999 g/mol. The van der Waals surface area contributed by atoms with Crippen LogP contribution in [0.1, 0.15) is 50.1 Å². The van der Waals surface area contributed by atoms with E-state index in [0.29, 0.717) is 90.6 Å². The smallest absolute Gasteiger partial charge is 0.161 e. The fourth-order valence-corrected chi connectivity index (χ4v) is 9.25. The second kappa shape index (κ2) is 24.8. The van der Waals surface area contributed by atoms with E-state index in [1.807, 2.05) is 77.7 Å². The van der Waals surface area contributed by atoms with Gasteiger partial charge in [0.05, 0.1) is 21.3 Å². The van der Waals surface area contributed by atoms with Gasteiger partial charge in [0.1, 0.15) is 75.6 Å². The number of nitrogens with zero attached hydrogens (tertiary/aromatic N) is 1. The molecule has 0 saturated carbocycles. The summed E-state index contributed by atoms with van der Waals surface area (Å²) < 4.78 is 55.5. The third-order valence-electron chi connectivity index (χ3n) is 13.1. The number of hydrogen-bond acceptors (Lipinski definition) is 16. The molecule has 13 aliphatic rings. The predicted molar refractivity (Wildman–Crippen MR) is 275 cm³/mol. The summed E-state index contributed by atoms with van der Waals surface area (Å²) in [7, 11) is 4.94. The van der Waals surface area contributed by atoms with Crippen molar-refractivity contribution in [3.63, 3.8) is 0 Å². The van der Waals surface area contributed by atoms with Gasteiger partial charge in [0, 0.05) is 39.3 Å². The van der Waals surface area contributed by atoms with Gasteiger partial charge in [-0.2, -0.15) is 0 Å². The van der Waals surface area contributed by atoms with Gasteiger partial charge in [-0.25, -0.2) is 0 Å². The molecule has 386 valence electrons. The van der Waals surface area contributed by atoms with Crippen molar-refractivity contribution in [1.29, 1.82) is 0 Å². The van der Waals surface area contributed by atoms with Crippen LogP contribution in [0.15, 0.2) is 109 Å². The molecular weight excluding hydrogens is 933 g/mol. The van der Waals surface area contributed by atoms with E-state index in [2.05, 4.69) is 52.3 Å². The first kappa shape index (κ1) is 51.2. The standard InChI is InChI=1S/C57H66N4O12/c1-65-49-25-40-22-44-29-53-51(67-3)27-42(44)24-45-30-54-50(66-2)26-41(45)23-43(40)28-52(49)71-19-16-68-46-10-4-37(5-11-46)31-58-55(62)34-61(35-56(63)59-32-38-6-12-47(13-7-38)69-17-20-72-53)36-57(64)60-33-39-8-14-48(15-9-39)70-18-21-73-54/h4-15,25-30,55-60,62-64H,16-24,31-36H2,1-3H3/t55-,56-,57-/m0/s1. The summed E-state index contributed by atoms with van der Waals surface area (Å²) in [5.74, 6) is 5.62. The molecule has 12 heterocycles. The normalized spacial score (nSPS) is 20.1. The van der Waals surface area contributed by atoms with Crippen molar-refractivity contribution in [2.24, 2.45) is 0 Å². The number of rotatable bonds is 3. The van der Waals surface area contributed by atoms with Crippen LogP contribution in [0.25, 0.3) is 0 Å². The maximum Gasteiger partial charge on any atom is 0.161 e. The quantitative estimate of drug-likeness (QED) is 0.126. The van der Waals surface area contributed by atoms with Gasteiger partial charge in [0.25, 0.3) is 0 Å². The molecule has 0 unspecified atom stereocenters. The summed E-state index contributed by atoms with van der Waals surface area (Å²) in [6.07, 6.45) is -1.21. The monoisotopic (exact) mass is 998 g/mol. The van der Waals surface area contributed by atoms with Gasteiger partial charge in [-0.1, -0.05) is 36.4 Å². The Morgan fingerprint density at radius 3 is 0.918 bits per heavy atom. The van der Waals surface area contributed by atoms with Crippen molar-refractivity contribution in [2.45, 2.75) is 57.6 Å². The summed E-state index contributed by atoms with van der Waals surface area (Å²) in [5, 5.41) is 43.2. The molecule has 16 bridgehead atoms. The number of benzene rings is 6. The highest BCUT2D eigenvalue weighted by molar-refractivity contribution is 5.58. The average Bonchev–Trinajstić information content (AvgIpc) is 3.45. The fraction of sp³-hybridized carbons (Fsp3) is 0.368. The Balaban J connectivity index is 1.09. The van der Waals surface area contributed by atoms with E-state index in [0.717, 1.165) is 50.1 Å². The molecule has 6 N–H and O–H groups in total. The summed E-state index contributed by atoms with van der Waals surface area (Å²) in [6.45, 7) is 3.10. The molecule has 0 radical (unpaired) electrons. The van der Waals surface area contributed by atoms with E-state index in [1.165, 1.54) is 0 Å². The maximum absolute atomic E-state index is 11.2. The molecule has 19 rings (SSSR count). The maximum atomic E-state index is 11.2. The lowest BCUT2D eigenvalue weighted by Crippen LogP contribution is -2.50. The highest BCUT2D eigenvalue weighted by Crippen LogP contribution is 2.41. The van der Waals surface area contributed by atoms with Crippen molar-refractivity contribution in [3.05, 3.63) is 159 Å². The molecule has 1 aliphatic carbocycles. The lowest BCUT2D eigenvalue weighted by molar-refractivity contribution is 0.0108.